The molecule has 49 heavy (non-hydrogen) atoms. The molecule has 0 fully saturated rings. The highest BCUT2D eigenvalue weighted by Gasteiger charge is 2.39. The third-order valence-corrected chi connectivity index (χ3v) is 9.05. The summed E-state index contributed by atoms with van der Waals surface area (Å²) in [6, 6.07) is 42.6. The van der Waals surface area contributed by atoms with Crippen molar-refractivity contribution in [2.24, 2.45) is 0 Å². The van der Waals surface area contributed by atoms with Crippen LogP contribution in [0, 0.1) is 6.92 Å². The minimum Gasteiger partial charge on any atom is -0.497 e. The van der Waals surface area contributed by atoms with Gasteiger partial charge in [-0.1, -0.05) is 78.4 Å². The molecule has 1 N–H and O–H groups in total. The summed E-state index contributed by atoms with van der Waals surface area (Å²) in [4.78, 5) is 15.0. The average molecular weight is 673 g/mol. The third kappa shape index (κ3) is 7.11. The first-order valence-corrected chi connectivity index (χ1v) is 17.1. The maximum Gasteiger partial charge on any atom is 0.294 e. The van der Waals surface area contributed by atoms with Crippen LogP contribution in [0.4, 0.5) is 23.0 Å². The van der Waals surface area contributed by atoms with Gasteiger partial charge in [0.15, 0.2) is 11.6 Å². The molecule has 0 amide bonds. The zero-order valence-electron chi connectivity index (χ0n) is 27.6. The van der Waals surface area contributed by atoms with Gasteiger partial charge in [-0.3, -0.25) is 4.55 Å². The molecule has 0 atom stereocenters. The number of anilines is 4. The Morgan fingerprint density at radius 2 is 0.980 bits per heavy atom. The maximum atomic E-state index is 10.5. The van der Waals surface area contributed by atoms with Crippen LogP contribution in [-0.2, 0) is 10.1 Å². The van der Waals surface area contributed by atoms with Gasteiger partial charge in [-0.25, -0.2) is 9.97 Å². The minimum atomic E-state index is -4.02. The fourth-order valence-corrected chi connectivity index (χ4v) is 6.16. The predicted octanol–water partition coefficient (Wildman–Crippen LogP) is 8.71. The van der Waals surface area contributed by atoms with Gasteiger partial charge in [-0.15, -0.1) is 0 Å². The monoisotopic (exact) mass is 672 g/mol. The lowest BCUT2D eigenvalue weighted by molar-refractivity contribution is 0.415. The predicted molar refractivity (Wildman–Crippen MR) is 194 cm³/mol. The van der Waals surface area contributed by atoms with E-state index in [4.69, 9.17) is 24.0 Å². The maximum absolute atomic E-state index is 10.5. The molecule has 0 spiro atoms. The van der Waals surface area contributed by atoms with Gasteiger partial charge in [0.25, 0.3) is 10.1 Å². The Morgan fingerprint density at radius 1 is 0.592 bits per heavy atom. The Bertz CT molecular complexity index is 2010. The molecule has 0 saturated heterocycles. The van der Waals surface area contributed by atoms with Crippen molar-refractivity contribution < 1.29 is 22.4 Å². The van der Waals surface area contributed by atoms with E-state index in [1.807, 2.05) is 67.6 Å². The van der Waals surface area contributed by atoms with E-state index in [0.717, 1.165) is 62.6 Å². The highest BCUT2D eigenvalue weighted by Crippen LogP contribution is 2.48. The van der Waals surface area contributed by atoms with Crippen molar-refractivity contribution in [3.63, 3.8) is 0 Å². The standard InChI is InChI=1S/C32H28N4O2.C7H8O3S/c1-22-35(25-14-18-27(37-2)19-15-25)31-32(36(22)26-16-20-28(38-3)21-17-26)34-30(24-12-8-5-9-13-24)29(33-31)23-10-6-4-7-11-23;1-6-2-4-7(5-3-6)11(8,9)10/h4-22H,1-3H3;2-5H,1H3,(H,8,9,10). The number of hydrogen-bond acceptors (Lipinski definition) is 8. The lowest BCUT2D eigenvalue weighted by atomic mass is 10.0. The van der Waals surface area contributed by atoms with Crippen LogP contribution in [0.3, 0.4) is 0 Å². The number of ether oxygens (including phenoxy) is 2. The van der Waals surface area contributed by atoms with Gasteiger partial charge in [-0.2, -0.15) is 8.42 Å². The lowest BCUT2D eigenvalue weighted by Crippen LogP contribution is -2.35. The average Bonchev–Trinajstić information content (AvgIpc) is 3.42. The molecule has 1 aliphatic rings. The molecule has 6 aromatic rings. The molecule has 0 unspecified atom stereocenters. The molecule has 1 aromatic heterocycles. The number of hydrogen-bond donors (Lipinski definition) is 1. The Morgan fingerprint density at radius 3 is 1.33 bits per heavy atom. The molecule has 5 aromatic carbocycles. The summed E-state index contributed by atoms with van der Waals surface area (Å²) in [6.45, 7) is 4.01. The van der Waals surface area contributed by atoms with Crippen molar-refractivity contribution in [1.29, 1.82) is 0 Å². The molecule has 1 aliphatic heterocycles. The topological polar surface area (TPSA) is 105 Å². The molecular formula is C39H36N4O5S. The molecule has 248 valence electrons. The zero-order valence-corrected chi connectivity index (χ0v) is 28.4. The summed E-state index contributed by atoms with van der Waals surface area (Å²) in [7, 11) is -0.665. The Balaban J connectivity index is 0.000000324. The molecule has 0 saturated carbocycles. The summed E-state index contributed by atoms with van der Waals surface area (Å²) >= 11 is 0. The van der Waals surface area contributed by atoms with Gasteiger partial charge in [0, 0.05) is 22.5 Å². The molecule has 2 heterocycles. The van der Waals surface area contributed by atoms with Crippen LogP contribution in [-0.4, -0.2) is 43.3 Å². The van der Waals surface area contributed by atoms with E-state index in [0.29, 0.717) is 0 Å². The Hall–Kier alpha value is -5.71. The third-order valence-electron chi connectivity index (χ3n) is 8.18. The van der Waals surface area contributed by atoms with Crippen molar-refractivity contribution in [1.82, 2.24) is 9.97 Å². The van der Waals surface area contributed by atoms with Crippen LogP contribution < -0.4 is 19.3 Å². The number of benzene rings is 5. The van der Waals surface area contributed by atoms with Crippen molar-refractivity contribution in [2.75, 3.05) is 24.0 Å². The zero-order chi connectivity index (χ0) is 34.5. The van der Waals surface area contributed by atoms with Crippen LogP contribution in [0.25, 0.3) is 22.5 Å². The number of aromatic nitrogens is 2. The first-order chi connectivity index (χ1) is 23.7. The minimum absolute atomic E-state index is 0.0666. The number of methoxy groups -OCH3 is 2. The highest BCUT2D eigenvalue weighted by atomic mass is 32.2. The van der Waals surface area contributed by atoms with Crippen molar-refractivity contribution in [3.8, 4) is 34.0 Å². The summed E-state index contributed by atoms with van der Waals surface area (Å²) < 4.78 is 40.4. The normalized spacial score (nSPS) is 12.6. The van der Waals surface area contributed by atoms with Gasteiger partial charge in [0.05, 0.1) is 30.5 Å². The highest BCUT2D eigenvalue weighted by molar-refractivity contribution is 7.85. The first-order valence-electron chi connectivity index (χ1n) is 15.6. The van der Waals surface area contributed by atoms with E-state index in [1.165, 1.54) is 12.1 Å². The van der Waals surface area contributed by atoms with Crippen molar-refractivity contribution >= 4 is 33.1 Å². The number of fused-ring (bicyclic) bond motifs is 1. The van der Waals surface area contributed by atoms with Crippen LogP contribution in [0.1, 0.15) is 12.5 Å². The number of rotatable bonds is 7. The van der Waals surface area contributed by atoms with Crippen LogP contribution >= 0.6 is 0 Å². The Kier molecular flexibility index (Phi) is 9.61. The largest absolute Gasteiger partial charge is 0.497 e. The summed E-state index contributed by atoms with van der Waals surface area (Å²) in [5.41, 5.74) is 6.71. The first kappa shape index (κ1) is 33.2. The lowest BCUT2D eigenvalue weighted by Gasteiger charge is -2.29. The van der Waals surface area contributed by atoms with Gasteiger partial charge < -0.3 is 19.3 Å². The molecule has 0 aliphatic carbocycles. The molecule has 7 rings (SSSR count). The van der Waals surface area contributed by atoms with Gasteiger partial charge in [0.2, 0.25) is 0 Å². The van der Waals surface area contributed by atoms with Gasteiger partial charge >= 0.3 is 0 Å². The quantitative estimate of drug-likeness (QED) is 0.167. The SMILES string of the molecule is COc1ccc(N2c3nc(-c4ccccc4)c(-c4ccccc4)nc3N(c3ccc(OC)cc3)C2C)cc1.Cc1ccc(S(=O)(=O)O)cc1. The van der Waals surface area contributed by atoms with E-state index in [-0.39, 0.29) is 11.1 Å². The number of aryl methyl sites for hydroxylation is 1. The summed E-state index contributed by atoms with van der Waals surface area (Å²) in [6.07, 6.45) is -0.0820. The molecule has 10 heteroatoms. The second kappa shape index (κ2) is 14.2. The van der Waals surface area contributed by atoms with E-state index < -0.39 is 10.1 Å². The van der Waals surface area contributed by atoms with Crippen molar-refractivity contribution in [2.45, 2.75) is 24.9 Å². The smallest absolute Gasteiger partial charge is 0.294 e. The van der Waals surface area contributed by atoms with Crippen LogP contribution in [0.15, 0.2) is 138 Å². The van der Waals surface area contributed by atoms with Crippen LogP contribution in [0.5, 0.6) is 11.5 Å². The van der Waals surface area contributed by atoms with Gasteiger partial charge in [-0.05, 0) is 74.5 Å². The molecule has 0 radical (unpaired) electrons. The van der Waals surface area contributed by atoms with Crippen LogP contribution in [0.2, 0.25) is 0 Å². The summed E-state index contributed by atoms with van der Waals surface area (Å²) in [5, 5.41) is 0. The van der Waals surface area contributed by atoms with E-state index in [2.05, 4.69) is 65.3 Å². The van der Waals surface area contributed by atoms with E-state index >= 15 is 0 Å². The Labute approximate surface area is 286 Å². The molecule has 0 bridgehead atoms. The van der Waals surface area contributed by atoms with E-state index in [9.17, 15) is 8.42 Å². The number of nitrogens with zero attached hydrogens (tertiary/aromatic N) is 4. The van der Waals surface area contributed by atoms with Crippen molar-refractivity contribution in [3.05, 3.63) is 139 Å². The fraction of sp³-hybridized carbons (Fsp3) is 0.128. The van der Waals surface area contributed by atoms with Gasteiger partial charge in [0.1, 0.15) is 17.7 Å². The molecular weight excluding hydrogens is 637 g/mol. The summed E-state index contributed by atoms with van der Waals surface area (Å²) in [5.74, 6) is 3.22. The molecule has 9 nitrogen and oxygen atoms in total. The second-order valence-electron chi connectivity index (χ2n) is 11.4. The van der Waals surface area contributed by atoms with E-state index in [1.54, 1.807) is 26.4 Å². The fourth-order valence-electron chi connectivity index (χ4n) is 5.68. The second-order valence-corrected chi connectivity index (χ2v) is 12.8.